The number of aromatic nitrogens is 3. The third-order valence-corrected chi connectivity index (χ3v) is 7.03. The number of piperidine rings is 1. The number of aromatic amines is 1. The molecule has 6 rings (SSSR count). The summed E-state index contributed by atoms with van der Waals surface area (Å²) < 4.78 is 17.6. The van der Waals surface area contributed by atoms with Crippen molar-refractivity contribution in [3.8, 4) is 28.5 Å². The van der Waals surface area contributed by atoms with E-state index in [9.17, 15) is 9.59 Å². The van der Waals surface area contributed by atoms with Crippen LogP contribution < -0.4 is 19.5 Å². The SMILES string of the molecule is CCC(=O)N1CCC[C@@H](NC(=O)c2c[nH]c3c(-c4c(OCC5CC5)ccc5c4OCO5)ncnc23)C1. The summed E-state index contributed by atoms with van der Waals surface area (Å²) in [6.07, 6.45) is 7.62. The number of H-pyrrole nitrogens is 1. The first-order valence-electron chi connectivity index (χ1n) is 12.6. The van der Waals surface area contributed by atoms with Crippen LogP contribution in [0.4, 0.5) is 0 Å². The minimum absolute atomic E-state index is 0.0987. The van der Waals surface area contributed by atoms with Crippen LogP contribution in [0, 0.1) is 5.92 Å². The van der Waals surface area contributed by atoms with Gasteiger partial charge in [-0.3, -0.25) is 9.59 Å². The first-order valence-corrected chi connectivity index (χ1v) is 12.6. The van der Waals surface area contributed by atoms with Gasteiger partial charge >= 0.3 is 0 Å². The number of carbonyl (C=O) groups excluding carboxylic acids is 2. The number of nitrogens with zero attached hydrogens (tertiary/aromatic N) is 3. The van der Waals surface area contributed by atoms with Gasteiger partial charge in [0.05, 0.1) is 23.3 Å². The van der Waals surface area contributed by atoms with Crippen molar-refractivity contribution >= 4 is 22.8 Å². The molecule has 10 heteroatoms. The maximum atomic E-state index is 13.3. The average molecular weight is 492 g/mol. The van der Waals surface area contributed by atoms with E-state index in [0.717, 1.165) is 19.4 Å². The Morgan fingerprint density at radius 3 is 2.94 bits per heavy atom. The van der Waals surface area contributed by atoms with Crippen LogP contribution in [0.3, 0.4) is 0 Å². The van der Waals surface area contributed by atoms with Gasteiger partial charge in [0.2, 0.25) is 12.7 Å². The maximum absolute atomic E-state index is 13.3. The van der Waals surface area contributed by atoms with Crippen LogP contribution >= 0.6 is 0 Å². The Kier molecular flexibility index (Phi) is 5.86. The van der Waals surface area contributed by atoms with Crippen molar-refractivity contribution < 1.29 is 23.8 Å². The van der Waals surface area contributed by atoms with Crippen molar-refractivity contribution in [2.45, 2.75) is 45.1 Å². The second kappa shape index (κ2) is 9.33. The number of likely N-dealkylation sites (tertiary alicyclic amines) is 1. The zero-order valence-corrected chi connectivity index (χ0v) is 20.2. The molecule has 0 radical (unpaired) electrons. The molecule has 2 fully saturated rings. The normalized spacial score (nSPS) is 18.9. The van der Waals surface area contributed by atoms with Gasteiger partial charge in [-0.25, -0.2) is 9.97 Å². The van der Waals surface area contributed by atoms with Crippen LogP contribution in [-0.2, 0) is 4.79 Å². The van der Waals surface area contributed by atoms with Gasteiger partial charge in [-0.2, -0.15) is 0 Å². The summed E-state index contributed by atoms with van der Waals surface area (Å²) >= 11 is 0. The number of hydrogen-bond acceptors (Lipinski definition) is 7. The van der Waals surface area contributed by atoms with Gasteiger partial charge in [-0.05, 0) is 43.7 Å². The average Bonchev–Trinajstić information content (AvgIpc) is 3.42. The zero-order valence-electron chi connectivity index (χ0n) is 20.2. The van der Waals surface area contributed by atoms with E-state index in [1.165, 1.54) is 19.2 Å². The lowest BCUT2D eigenvalue weighted by Gasteiger charge is -2.33. The Bertz CT molecular complexity index is 1320. The molecule has 2 aromatic heterocycles. The molecule has 0 unspecified atom stereocenters. The summed E-state index contributed by atoms with van der Waals surface area (Å²) in [6.45, 7) is 3.88. The Morgan fingerprint density at radius 1 is 1.22 bits per heavy atom. The minimum Gasteiger partial charge on any atom is -0.492 e. The first kappa shape index (κ1) is 22.6. The lowest BCUT2D eigenvalue weighted by molar-refractivity contribution is -0.132. The van der Waals surface area contributed by atoms with Crippen molar-refractivity contribution in [1.29, 1.82) is 0 Å². The molecule has 36 heavy (non-hydrogen) atoms. The standard InChI is InChI=1S/C26H29N5O5/c1-2-20(32)31-9-3-4-16(11-31)30-26(33)17-10-27-24-22(17)28-13-29-23(24)21-18(34-12-15-5-6-15)7-8-19-25(21)36-14-35-19/h7-8,10,13,15-16,27H,2-6,9,11-12,14H2,1H3,(H,30,33)/t16-/m1/s1. The number of ether oxygens (including phenoxy) is 3. The fourth-order valence-corrected chi connectivity index (χ4v) is 4.90. The summed E-state index contributed by atoms with van der Waals surface area (Å²) in [5, 5.41) is 3.09. The van der Waals surface area contributed by atoms with E-state index in [1.54, 1.807) is 6.20 Å². The van der Waals surface area contributed by atoms with Gasteiger partial charge in [0, 0.05) is 31.7 Å². The van der Waals surface area contributed by atoms with Crippen molar-refractivity contribution in [1.82, 2.24) is 25.2 Å². The topological polar surface area (TPSA) is 119 Å². The van der Waals surface area contributed by atoms with E-state index in [0.29, 0.717) is 70.6 Å². The highest BCUT2D eigenvalue weighted by atomic mass is 16.7. The van der Waals surface area contributed by atoms with Crippen LogP contribution in [0.5, 0.6) is 17.2 Å². The molecule has 2 amide bonds. The number of fused-ring (bicyclic) bond motifs is 2. The fourth-order valence-electron chi connectivity index (χ4n) is 4.90. The van der Waals surface area contributed by atoms with E-state index >= 15 is 0 Å². The Balaban J connectivity index is 1.31. The molecule has 1 aliphatic carbocycles. The number of benzene rings is 1. The molecule has 188 valence electrons. The smallest absolute Gasteiger partial charge is 0.255 e. The molecular weight excluding hydrogens is 462 g/mol. The molecular formula is C26H29N5O5. The van der Waals surface area contributed by atoms with Gasteiger partial charge in [-0.1, -0.05) is 6.92 Å². The van der Waals surface area contributed by atoms with Crippen molar-refractivity contribution in [2.24, 2.45) is 5.92 Å². The van der Waals surface area contributed by atoms with Gasteiger partial charge < -0.3 is 29.4 Å². The summed E-state index contributed by atoms with van der Waals surface area (Å²) in [4.78, 5) is 39.4. The second-order valence-electron chi connectivity index (χ2n) is 9.58. The Hall–Kier alpha value is -3.82. The van der Waals surface area contributed by atoms with Gasteiger partial charge in [-0.15, -0.1) is 0 Å². The molecule has 4 heterocycles. The molecule has 1 saturated heterocycles. The summed E-state index contributed by atoms with van der Waals surface area (Å²) in [5.41, 5.74) is 2.84. The summed E-state index contributed by atoms with van der Waals surface area (Å²) in [7, 11) is 0. The lowest BCUT2D eigenvalue weighted by Crippen LogP contribution is -2.49. The molecule has 1 atom stereocenters. The molecule has 2 aliphatic heterocycles. The number of carbonyl (C=O) groups is 2. The Labute approximate surface area is 208 Å². The number of hydrogen-bond donors (Lipinski definition) is 2. The van der Waals surface area contributed by atoms with E-state index in [1.807, 2.05) is 24.0 Å². The maximum Gasteiger partial charge on any atom is 0.255 e. The molecule has 10 nitrogen and oxygen atoms in total. The van der Waals surface area contributed by atoms with Crippen LogP contribution in [0.2, 0.25) is 0 Å². The lowest BCUT2D eigenvalue weighted by atomic mass is 10.0. The zero-order chi connectivity index (χ0) is 24.6. The highest BCUT2D eigenvalue weighted by molar-refractivity contribution is 6.08. The van der Waals surface area contributed by atoms with E-state index in [4.69, 9.17) is 14.2 Å². The second-order valence-corrected chi connectivity index (χ2v) is 9.58. The van der Waals surface area contributed by atoms with Gasteiger partial charge in [0.25, 0.3) is 5.91 Å². The fraction of sp³-hybridized carbons (Fsp3) is 0.462. The van der Waals surface area contributed by atoms with Crippen LogP contribution in [-0.4, -0.2) is 64.2 Å². The third kappa shape index (κ3) is 4.20. The summed E-state index contributed by atoms with van der Waals surface area (Å²) in [6, 6.07) is 3.62. The number of nitrogens with one attached hydrogen (secondary N) is 2. The predicted octanol–water partition coefficient (Wildman–Crippen LogP) is 3.27. The monoisotopic (exact) mass is 491 g/mol. The number of amides is 2. The van der Waals surface area contributed by atoms with Crippen LogP contribution in [0.15, 0.2) is 24.7 Å². The minimum atomic E-state index is -0.232. The molecule has 1 aromatic carbocycles. The predicted molar refractivity (Wildman–Crippen MR) is 131 cm³/mol. The molecule has 2 N–H and O–H groups in total. The number of rotatable bonds is 7. The van der Waals surface area contributed by atoms with Crippen molar-refractivity contribution in [3.63, 3.8) is 0 Å². The third-order valence-electron chi connectivity index (χ3n) is 7.03. The van der Waals surface area contributed by atoms with Gasteiger partial charge in [0.1, 0.15) is 23.3 Å². The molecule has 0 bridgehead atoms. The first-order chi connectivity index (χ1) is 17.6. The largest absolute Gasteiger partial charge is 0.492 e. The van der Waals surface area contributed by atoms with Crippen molar-refractivity contribution in [2.75, 3.05) is 26.5 Å². The van der Waals surface area contributed by atoms with E-state index < -0.39 is 0 Å². The molecule has 1 saturated carbocycles. The van der Waals surface area contributed by atoms with Gasteiger partial charge in [0.15, 0.2) is 11.5 Å². The Morgan fingerprint density at radius 2 is 2.11 bits per heavy atom. The molecule has 0 spiro atoms. The quantitative estimate of drug-likeness (QED) is 0.521. The van der Waals surface area contributed by atoms with Crippen LogP contribution in [0.1, 0.15) is 49.4 Å². The molecule has 3 aromatic rings. The van der Waals surface area contributed by atoms with Crippen molar-refractivity contribution in [3.05, 3.63) is 30.2 Å². The highest BCUT2D eigenvalue weighted by Crippen LogP contribution is 2.48. The molecule has 3 aliphatic rings. The highest BCUT2D eigenvalue weighted by Gasteiger charge is 2.30. The van der Waals surface area contributed by atoms with E-state index in [-0.39, 0.29) is 24.6 Å². The van der Waals surface area contributed by atoms with Crippen LogP contribution in [0.25, 0.3) is 22.3 Å². The summed E-state index contributed by atoms with van der Waals surface area (Å²) in [5.74, 6) is 2.33. The van der Waals surface area contributed by atoms with E-state index in [2.05, 4.69) is 20.3 Å².